The van der Waals surface area contributed by atoms with Gasteiger partial charge in [-0.2, -0.15) is 0 Å². The van der Waals surface area contributed by atoms with Crippen LogP contribution >= 0.6 is 0 Å². The molecule has 0 aliphatic rings. The molecule has 0 aromatic heterocycles. The monoisotopic (exact) mass is 666 g/mol. The molecule has 8 heteroatoms. The summed E-state index contributed by atoms with van der Waals surface area (Å²) in [6.07, 6.45) is 2.76. The van der Waals surface area contributed by atoms with Crippen LogP contribution in [-0.2, 0) is 34.5 Å². The molecule has 5 atom stereocenters. The fourth-order valence-electron chi connectivity index (χ4n) is 5.64. The predicted octanol–water partition coefficient (Wildman–Crippen LogP) is 10.2. The first kappa shape index (κ1) is 42.0. The van der Waals surface area contributed by atoms with Gasteiger partial charge in [-0.15, -0.1) is 0 Å². The van der Waals surface area contributed by atoms with Crippen LogP contribution in [0.25, 0.3) is 0 Å². The summed E-state index contributed by atoms with van der Waals surface area (Å²) in [5.41, 5.74) is 0.666. The van der Waals surface area contributed by atoms with Crippen molar-refractivity contribution >= 4 is 22.6 Å². The summed E-state index contributed by atoms with van der Waals surface area (Å²) in [5, 5.41) is 0.0761. The minimum absolute atomic E-state index is 0.00506. The molecule has 0 aliphatic heterocycles. The molecule has 0 bridgehead atoms. The third-order valence-electron chi connectivity index (χ3n) is 9.98. The third kappa shape index (κ3) is 14.7. The van der Waals surface area contributed by atoms with E-state index in [1.807, 2.05) is 39.0 Å². The number of carbonyl (C=O) groups excluding carboxylic acids is 1. The molecule has 1 aromatic carbocycles. The van der Waals surface area contributed by atoms with Crippen molar-refractivity contribution in [2.75, 3.05) is 13.7 Å². The van der Waals surface area contributed by atoms with E-state index < -0.39 is 22.2 Å². The van der Waals surface area contributed by atoms with E-state index in [9.17, 15) is 4.79 Å². The largest absolute Gasteiger partial charge is 0.460 e. The van der Waals surface area contributed by atoms with E-state index in [-0.39, 0.29) is 41.2 Å². The van der Waals surface area contributed by atoms with E-state index in [4.69, 9.17) is 23.1 Å². The van der Waals surface area contributed by atoms with Crippen LogP contribution in [0.3, 0.4) is 0 Å². The predicted molar refractivity (Wildman–Crippen MR) is 194 cm³/mol. The molecule has 0 spiro atoms. The van der Waals surface area contributed by atoms with Crippen LogP contribution in [0.1, 0.15) is 107 Å². The summed E-state index contributed by atoms with van der Waals surface area (Å²) in [7, 11) is -2.29. The summed E-state index contributed by atoms with van der Waals surface area (Å²) >= 11 is 0. The molecule has 6 nitrogen and oxygen atoms in total. The van der Waals surface area contributed by atoms with Gasteiger partial charge in [0.1, 0.15) is 5.60 Å². The number of esters is 1. The molecule has 1 aromatic rings. The minimum atomic E-state index is -2.11. The highest BCUT2D eigenvalue weighted by atomic mass is 28.4. The highest BCUT2D eigenvalue weighted by molar-refractivity contribution is 6.74. The van der Waals surface area contributed by atoms with Crippen molar-refractivity contribution in [3.8, 4) is 0 Å². The molecule has 0 saturated heterocycles. The van der Waals surface area contributed by atoms with Crippen molar-refractivity contribution in [2.24, 2.45) is 11.8 Å². The normalized spacial score (nSPS) is 16.6. The smallest absolute Gasteiger partial charge is 0.306 e. The molecular weight excluding hydrogens is 597 g/mol. The van der Waals surface area contributed by atoms with Crippen LogP contribution in [-0.4, -0.2) is 60.2 Å². The molecule has 45 heavy (non-hydrogen) atoms. The highest BCUT2D eigenvalue weighted by Gasteiger charge is 2.44. The first-order valence-corrected chi connectivity index (χ1v) is 23.0. The minimum Gasteiger partial charge on any atom is -0.460 e. The zero-order valence-corrected chi connectivity index (χ0v) is 33.6. The molecule has 0 fully saturated rings. The van der Waals surface area contributed by atoms with Crippen molar-refractivity contribution in [3.63, 3.8) is 0 Å². The van der Waals surface area contributed by atoms with Gasteiger partial charge in [0.25, 0.3) is 0 Å². The van der Waals surface area contributed by atoms with Gasteiger partial charge >= 0.3 is 5.97 Å². The Labute approximate surface area is 279 Å². The zero-order valence-electron chi connectivity index (χ0n) is 31.6. The summed E-state index contributed by atoms with van der Waals surface area (Å²) in [6, 6.07) is 13.5. The molecule has 0 N–H and O–H groups in total. The second-order valence-corrected chi connectivity index (χ2v) is 25.1. The van der Waals surface area contributed by atoms with Gasteiger partial charge in [0.15, 0.2) is 16.6 Å². The van der Waals surface area contributed by atoms with Gasteiger partial charge in [-0.3, -0.25) is 4.79 Å². The average molecular weight is 667 g/mol. The van der Waals surface area contributed by atoms with E-state index in [0.29, 0.717) is 26.1 Å². The highest BCUT2D eigenvalue weighted by Crippen LogP contribution is 2.41. The molecule has 1 rings (SSSR count). The maximum Gasteiger partial charge on any atom is 0.306 e. The molecule has 262 valence electrons. The first-order valence-electron chi connectivity index (χ1n) is 17.6. The number of benzene rings is 1. The number of hydrogen-bond acceptors (Lipinski definition) is 6. The first-order chi connectivity index (χ1) is 20.8. The Bertz CT molecular complexity index is 944. The lowest BCUT2D eigenvalue weighted by atomic mass is 9.85. The van der Waals surface area contributed by atoms with E-state index in [1.165, 1.54) is 5.56 Å². The maximum atomic E-state index is 12.9. The van der Waals surface area contributed by atoms with Crippen LogP contribution < -0.4 is 0 Å². The molecule has 0 saturated carbocycles. The Morgan fingerprint density at radius 2 is 1.42 bits per heavy atom. The standard InChI is InChI=1S/C37H70O6Si2/c1-15-45(16-2,17-3)42-33(25-26-34(38)41-36(6,7)8)30(5)35(43-44(13,14)37(9,10)11)29(4)23-24-32(39-12)28-40-27-31-21-19-18-20-22-31/h18-22,29-30,32-33,35H,15-17,23-28H2,1-14H3/t29-,30-,32+,33-,35-/m1/s1. The van der Waals surface area contributed by atoms with Crippen molar-refractivity contribution in [3.05, 3.63) is 35.9 Å². The van der Waals surface area contributed by atoms with Gasteiger partial charge in [-0.25, -0.2) is 0 Å². The lowest BCUT2D eigenvalue weighted by molar-refractivity contribution is -0.155. The fraction of sp³-hybridized carbons (Fsp3) is 0.811. The fourth-order valence-corrected chi connectivity index (χ4v) is 10.1. The summed E-state index contributed by atoms with van der Waals surface area (Å²) in [5.74, 6) is 0.228. The number of methoxy groups -OCH3 is 1. The van der Waals surface area contributed by atoms with Crippen LogP contribution in [0.4, 0.5) is 0 Å². The van der Waals surface area contributed by atoms with Gasteiger partial charge in [0.05, 0.1) is 31.5 Å². The van der Waals surface area contributed by atoms with Gasteiger partial charge in [0.2, 0.25) is 0 Å². The second kappa shape index (κ2) is 19.1. The Kier molecular flexibility index (Phi) is 17.8. The Hall–Kier alpha value is -1.04. The zero-order chi connectivity index (χ0) is 34.5. The van der Waals surface area contributed by atoms with Crippen molar-refractivity contribution in [1.82, 2.24) is 0 Å². The maximum absolute atomic E-state index is 12.9. The molecule has 0 radical (unpaired) electrons. The van der Waals surface area contributed by atoms with Gasteiger partial charge in [-0.05, 0) is 87.8 Å². The molecule has 0 heterocycles. The van der Waals surface area contributed by atoms with Gasteiger partial charge < -0.3 is 23.1 Å². The van der Waals surface area contributed by atoms with Crippen molar-refractivity contribution < 1.29 is 27.9 Å². The van der Waals surface area contributed by atoms with Crippen molar-refractivity contribution in [1.29, 1.82) is 0 Å². The lowest BCUT2D eigenvalue weighted by Gasteiger charge is -2.46. The lowest BCUT2D eigenvalue weighted by Crippen LogP contribution is -2.51. The topological polar surface area (TPSA) is 63.2 Å². The Balaban J connectivity index is 3.24. The average Bonchev–Trinajstić information content (AvgIpc) is 2.96. The number of hydrogen-bond donors (Lipinski definition) is 0. The number of carbonyl (C=O) groups is 1. The third-order valence-corrected chi connectivity index (χ3v) is 19.1. The number of ether oxygens (including phenoxy) is 3. The van der Waals surface area contributed by atoms with E-state index in [2.05, 4.69) is 80.6 Å². The van der Waals surface area contributed by atoms with Crippen LogP contribution in [0, 0.1) is 11.8 Å². The van der Waals surface area contributed by atoms with Crippen LogP contribution in [0.15, 0.2) is 30.3 Å². The van der Waals surface area contributed by atoms with Crippen LogP contribution in [0.5, 0.6) is 0 Å². The molecule has 0 unspecified atom stereocenters. The number of rotatable bonds is 21. The SMILES string of the molecule is CC[Si](CC)(CC)O[C@H](CCC(=O)OC(C)(C)C)[C@@H](C)[C@H](O[Si](C)(C)C(C)(C)C)[C@H](C)CC[C@@H](COCc1ccccc1)OC. The summed E-state index contributed by atoms with van der Waals surface area (Å²) in [6.45, 7) is 29.9. The van der Waals surface area contributed by atoms with E-state index in [1.54, 1.807) is 7.11 Å². The Morgan fingerprint density at radius 1 is 0.844 bits per heavy atom. The van der Waals surface area contributed by atoms with Gasteiger partial charge in [0, 0.05) is 19.4 Å². The molecule has 0 amide bonds. The van der Waals surface area contributed by atoms with Crippen molar-refractivity contribution in [2.45, 2.75) is 169 Å². The second-order valence-electron chi connectivity index (χ2n) is 15.6. The molecule has 0 aliphatic carbocycles. The van der Waals surface area contributed by atoms with Gasteiger partial charge in [-0.1, -0.05) is 85.7 Å². The Morgan fingerprint density at radius 3 is 1.91 bits per heavy atom. The molecular formula is C37H70O6Si2. The quantitative estimate of drug-likeness (QED) is 0.0961. The summed E-state index contributed by atoms with van der Waals surface area (Å²) < 4.78 is 32.2. The van der Waals surface area contributed by atoms with E-state index >= 15 is 0 Å². The van der Waals surface area contributed by atoms with Crippen LogP contribution in [0.2, 0.25) is 36.3 Å². The van der Waals surface area contributed by atoms with E-state index in [0.717, 1.165) is 31.0 Å². The summed E-state index contributed by atoms with van der Waals surface area (Å²) in [4.78, 5) is 12.9.